The quantitative estimate of drug-likeness (QED) is 0.643. The Hall–Kier alpha value is -0.320. The van der Waals surface area contributed by atoms with Crippen molar-refractivity contribution >= 4 is 39.0 Å². The number of hydrogen-bond donors (Lipinski definition) is 0. The Morgan fingerprint density at radius 3 is 2.90 bits per heavy atom. The molecule has 4 heteroatoms. The van der Waals surface area contributed by atoms with Gasteiger partial charge in [-0.1, -0.05) is 47.3 Å². The maximum absolute atomic E-state index is 4.78. The zero-order valence-electron chi connectivity index (χ0n) is 11.3. The van der Waals surface area contributed by atoms with E-state index in [1.165, 1.54) is 42.7 Å². The molecule has 1 aromatic carbocycles. The second kappa shape index (κ2) is 7.10. The highest BCUT2D eigenvalue weighted by atomic mass is 79.9. The van der Waals surface area contributed by atoms with E-state index in [0.29, 0.717) is 0 Å². The van der Waals surface area contributed by atoms with Crippen LogP contribution in [0.15, 0.2) is 34.1 Å². The number of hydrogen-bond acceptors (Lipinski definition) is 3. The minimum absolute atomic E-state index is 0.863. The summed E-state index contributed by atoms with van der Waals surface area (Å²) in [4.78, 5) is 4.78. The lowest BCUT2D eigenvalue weighted by atomic mass is 10.0. The van der Waals surface area contributed by atoms with Gasteiger partial charge < -0.3 is 0 Å². The Morgan fingerprint density at radius 2 is 2.10 bits per heavy atom. The summed E-state index contributed by atoms with van der Waals surface area (Å²) in [7, 11) is 0. The number of thiazole rings is 1. The number of nitrogens with zero attached hydrogens (tertiary/aromatic N) is 1. The molecule has 1 nitrogen and oxygen atoms in total. The van der Waals surface area contributed by atoms with Gasteiger partial charge in [-0.15, -0.1) is 11.3 Å². The Bertz CT molecular complexity index is 561. The van der Waals surface area contributed by atoms with E-state index >= 15 is 0 Å². The van der Waals surface area contributed by atoms with Crippen LogP contribution in [-0.2, 0) is 5.75 Å². The summed E-state index contributed by atoms with van der Waals surface area (Å²) < 4.78 is 1.11. The van der Waals surface area contributed by atoms with E-state index in [-0.39, 0.29) is 0 Å². The minimum Gasteiger partial charge on any atom is -0.240 e. The van der Waals surface area contributed by atoms with Crippen molar-refractivity contribution in [2.45, 2.75) is 43.1 Å². The third kappa shape index (κ3) is 3.86. The van der Waals surface area contributed by atoms with Gasteiger partial charge in [0, 0.05) is 26.4 Å². The fourth-order valence-electron chi connectivity index (χ4n) is 2.58. The van der Waals surface area contributed by atoms with Crippen LogP contribution >= 0.6 is 39.0 Å². The fraction of sp³-hybridized carbons (Fsp3) is 0.438. The van der Waals surface area contributed by atoms with E-state index in [1.807, 2.05) is 0 Å². The van der Waals surface area contributed by atoms with Crippen LogP contribution in [-0.4, -0.2) is 10.2 Å². The molecule has 0 aliphatic heterocycles. The summed E-state index contributed by atoms with van der Waals surface area (Å²) in [6.45, 7) is 0. The largest absolute Gasteiger partial charge is 0.240 e. The van der Waals surface area contributed by atoms with Crippen molar-refractivity contribution in [3.05, 3.63) is 39.1 Å². The maximum atomic E-state index is 4.78. The highest BCUT2D eigenvalue weighted by Crippen LogP contribution is 2.32. The van der Waals surface area contributed by atoms with Crippen LogP contribution in [0.3, 0.4) is 0 Å². The summed E-state index contributed by atoms with van der Waals surface area (Å²) in [5, 5.41) is 4.30. The van der Waals surface area contributed by atoms with Crippen LogP contribution < -0.4 is 0 Å². The summed E-state index contributed by atoms with van der Waals surface area (Å²) in [6.07, 6.45) is 7.06. The first-order valence-corrected chi connectivity index (χ1v) is 9.85. The van der Waals surface area contributed by atoms with Gasteiger partial charge in [0.2, 0.25) is 0 Å². The second-order valence-electron chi connectivity index (χ2n) is 5.21. The van der Waals surface area contributed by atoms with Crippen LogP contribution in [0.5, 0.6) is 0 Å². The number of thioether (sulfide) groups is 1. The molecule has 1 heterocycles. The van der Waals surface area contributed by atoms with E-state index in [1.54, 1.807) is 11.3 Å². The molecule has 0 amide bonds. The molecule has 0 spiro atoms. The van der Waals surface area contributed by atoms with Crippen molar-refractivity contribution in [3.8, 4) is 11.3 Å². The van der Waals surface area contributed by atoms with Crippen molar-refractivity contribution < 1.29 is 0 Å². The molecule has 0 unspecified atom stereocenters. The molecule has 0 radical (unpaired) electrons. The molecule has 20 heavy (non-hydrogen) atoms. The summed E-state index contributed by atoms with van der Waals surface area (Å²) in [6, 6.07) is 8.37. The molecule has 106 valence electrons. The first-order valence-electron chi connectivity index (χ1n) is 7.13. The zero-order chi connectivity index (χ0) is 13.8. The molecule has 1 fully saturated rings. The highest BCUT2D eigenvalue weighted by molar-refractivity contribution is 9.10. The van der Waals surface area contributed by atoms with Gasteiger partial charge in [-0.05, 0) is 25.0 Å². The molecule has 2 aromatic rings. The third-order valence-corrected chi connectivity index (χ3v) is 6.57. The molecule has 3 rings (SSSR count). The van der Waals surface area contributed by atoms with Gasteiger partial charge in [0.25, 0.3) is 0 Å². The summed E-state index contributed by atoms with van der Waals surface area (Å²) >= 11 is 7.41. The molecule has 1 aliphatic carbocycles. The summed E-state index contributed by atoms with van der Waals surface area (Å²) in [5.41, 5.74) is 2.31. The second-order valence-corrected chi connectivity index (χ2v) is 8.35. The molecular formula is C16H18BrNS2. The van der Waals surface area contributed by atoms with Gasteiger partial charge in [0.1, 0.15) is 5.01 Å². The first-order chi connectivity index (χ1) is 9.81. The molecule has 1 aromatic heterocycles. The van der Waals surface area contributed by atoms with E-state index in [0.717, 1.165) is 21.2 Å². The first kappa shape index (κ1) is 14.6. The van der Waals surface area contributed by atoms with Crippen LogP contribution in [0.25, 0.3) is 11.3 Å². The Morgan fingerprint density at radius 1 is 1.25 bits per heavy atom. The van der Waals surface area contributed by atoms with Gasteiger partial charge in [-0.25, -0.2) is 4.98 Å². The predicted octanol–water partition coefficient (Wildman–Crippen LogP) is 6.14. The van der Waals surface area contributed by atoms with Crippen molar-refractivity contribution in [1.29, 1.82) is 0 Å². The van der Waals surface area contributed by atoms with E-state index in [4.69, 9.17) is 4.98 Å². The lowest BCUT2D eigenvalue weighted by Crippen LogP contribution is -2.08. The predicted molar refractivity (Wildman–Crippen MR) is 93.4 cm³/mol. The number of rotatable bonds is 4. The van der Waals surface area contributed by atoms with Crippen LogP contribution in [0.1, 0.15) is 37.1 Å². The molecule has 1 aliphatic rings. The minimum atomic E-state index is 0.863. The van der Waals surface area contributed by atoms with Gasteiger partial charge in [-0.3, -0.25) is 0 Å². The average molecular weight is 368 g/mol. The van der Waals surface area contributed by atoms with E-state index in [9.17, 15) is 0 Å². The average Bonchev–Trinajstić information content (AvgIpc) is 2.95. The van der Waals surface area contributed by atoms with Crippen LogP contribution in [0, 0.1) is 0 Å². The lowest BCUT2D eigenvalue weighted by Gasteiger charge is -2.20. The smallest absolute Gasteiger partial charge is 0.103 e. The van der Waals surface area contributed by atoms with Crippen LogP contribution in [0.4, 0.5) is 0 Å². The Labute approximate surface area is 137 Å². The zero-order valence-corrected chi connectivity index (χ0v) is 14.6. The normalized spacial score (nSPS) is 16.4. The van der Waals surface area contributed by atoms with Gasteiger partial charge in [-0.2, -0.15) is 11.8 Å². The highest BCUT2D eigenvalue weighted by Gasteiger charge is 2.14. The summed E-state index contributed by atoms with van der Waals surface area (Å²) in [5.74, 6) is 1.07. The number of aromatic nitrogens is 1. The van der Waals surface area contributed by atoms with Crippen molar-refractivity contribution in [1.82, 2.24) is 4.98 Å². The Kier molecular flexibility index (Phi) is 5.19. The topological polar surface area (TPSA) is 12.9 Å². The molecule has 0 bridgehead atoms. The fourth-order valence-corrected chi connectivity index (χ4v) is 5.15. The van der Waals surface area contributed by atoms with Crippen LogP contribution in [0.2, 0.25) is 0 Å². The number of halogens is 1. The van der Waals surface area contributed by atoms with Gasteiger partial charge in [0.05, 0.1) is 5.69 Å². The van der Waals surface area contributed by atoms with Gasteiger partial charge >= 0.3 is 0 Å². The van der Waals surface area contributed by atoms with Crippen molar-refractivity contribution in [2.24, 2.45) is 0 Å². The SMILES string of the molecule is Brc1cccc(-c2csc(CSC3CCCCC3)n2)c1. The maximum Gasteiger partial charge on any atom is 0.103 e. The molecule has 0 atom stereocenters. The molecule has 1 saturated carbocycles. The Balaban J connectivity index is 1.61. The van der Waals surface area contributed by atoms with Gasteiger partial charge in [0.15, 0.2) is 0 Å². The van der Waals surface area contributed by atoms with E-state index < -0.39 is 0 Å². The van der Waals surface area contributed by atoms with Crippen molar-refractivity contribution in [3.63, 3.8) is 0 Å². The lowest BCUT2D eigenvalue weighted by molar-refractivity contribution is 0.516. The monoisotopic (exact) mass is 367 g/mol. The number of benzene rings is 1. The third-order valence-electron chi connectivity index (χ3n) is 3.67. The standard InChI is InChI=1S/C16H18BrNS2/c17-13-6-4-5-12(9-13)15-10-20-16(18-15)11-19-14-7-2-1-3-8-14/h4-6,9-10,14H,1-3,7-8,11H2. The molecule has 0 saturated heterocycles. The van der Waals surface area contributed by atoms with E-state index in [2.05, 4.69) is 57.3 Å². The van der Waals surface area contributed by atoms with Crippen molar-refractivity contribution in [2.75, 3.05) is 0 Å². The molecular weight excluding hydrogens is 350 g/mol. The molecule has 0 N–H and O–H groups in total.